The molecule has 1 N–H and O–H groups in total. The van der Waals surface area contributed by atoms with Crippen LogP contribution in [0.5, 0.6) is 0 Å². The molecule has 2 fully saturated rings. The number of piperidine rings is 1. The first-order chi connectivity index (χ1) is 7.22. The summed E-state index contributed by atoms with van der Waals surface area (Å²) in [5.74, 6) is 1.57. The molecule has 1 aromatic rings. The molecule has 0 aromatic heterocycles. The van der Waals surface area contributed by atoms with Crippen molar-refractivity contribution in [1.29, 1.82) is 0 Å². The Bertz CT molecular complexity index is 365. The van der Waals surface area contributed by atoms with Gasteiger partial charge in [0.15, 0.2) is 0 Å². The van der Waals surface area contributed by atoms with Gasteiger partial charge in [0.05, 0.1) is 0 Å². The van der Waals surface area contributed by atoms with E-state index in [-0.39, 0.29) is 0 Å². The summed E-state index contributed by atoms with van der Waals surface area (Å²) < 4.78 is 0. The van der Waals surface area contributed by atoms with Gasteiger partial charge in [-0.15, -0.1) is 0 Å². The monoisotopic (exact) mass is 201 g/mol. The number of hydrogen-bond donors (Lipinski definition) is 1. The first kappa shape index (κ1) is 9.41. The van der Waals surface area contributed by atoms with Gasteiger partial charge >= 0.3 is 0 Å². The van der Waals surface area contributed by atoms with Gasteiger partial charge < -0.3 is 5.32 Å². The summed E-state index contributed by atoms with van der Waals surface area (Å²) in [5.41, 5.74) is 3.54. The Balaban J connectivity index is 1.88. The molecule has 1 aromatic carbocycles. The summed E-state index contributed by atoms with van der Waals surface area (Å²) in [6, 6.07) is 9.32. The van der Waals surface area contributed by atoms with Crippen LogP contribution in [0.2, 0.25) is 0 Å². The fraction of sp³-hybridized carbons (Fsp3) is 0.571. The zero-order valence-electron chi connectivity index (χ0n) is 9.59. The van der Waals surface area contributed by atoms with Crippen molar-refractivity contribution in [1.82, 2.24) is 5.32 Å². The van der Waals surface area contributed by atoms with Crippen LogP contribution in [-0.2, 0) is 5.41 Å². The summed E-state index contributed by atoms with van der Waals surface area (Å²) in [5, 5.41) is 3.50. The minimum atomic E-state index is 0.523. The molecule has 0 unspecified atom stereocenters. The average molecular weight is 201 g/mol. The van der Waals surface area contributed by atoms with Crippen molar-refractivity contribution >= 4 is 0 Å². The lowest BCUT2D eigenvalue weighted by Crippen LogP contribution is -2.19. The molecule has 2 aliphatic rings. The number of fused-ring (bicyclic) bond motifs is 1. The maximum Gasteiger partial charge on any atom is 0.0122 e. The number of benzene rings is 1. The molecule has 0 amide bonds. The third kappa shape index (κ3) is 1.33. The van der Waals surface area contributed by atoms with Crippen LogP contribution in [0.15, 0.2) is 24.3 Å². The zero-order valence-corrected chi connectivity index (χ0v) is 9.59. The number of rotatable bonds is 2. The lowest BCUT2D eigenvalue weighted by molar-refractivity contribution is 0.675. The van der Waals surface area contributed by atoms with Crippen molar-refractivity contribution in [3.05, 3.63) is 35.4 Å². The minimum absolute atomic E-state index is 0.523. The van der Waals surface area contributed by atoms with Gasteiger partial charge in [0.2, 0.25) is 0 Å². The minimum Gasteiger partial charge on any atom is -0.316 e. The van der Waals surface area contributed by atoms with Gasteiger partial charge in [-0.1, -0.05) is 38.1 Å². The molecule has 2 atom stereocenters. The van der Waals surface area contributed by atoms with E-state index in [1.54, 1.807) is 5.56 Å². The van der Waals surface area contributed by atoms with Gasteiger partial charge in [-0.3, -0.25) is 0 Å². The predicted octanol–water partition coefficient (Wildman–Crippen LogP) is 2.67. The van der Waals surface area contributed by atoms with E-state index in [4.69, 9.17) is 0 Å². The molecule has 1 aliphatic heterocycles. The number of nitrogens with one attached hydrogen (secondary N) is 1. The lowest BCUT2D eigenvalue weighted by atomic mass is 9.92. The van der Waals surface area contributed by atoms with Crippen LogP contribution in [0.3, 0.4) is 0 Å². The third-order valence-corrected chi connectivity index (χ3v) is 4.22. The highest BCUT2D eigenvalue weighted by Gasteiger charge is 2.57. The lowest BCUT2D eigenvalue weighted by Gasteiger charge is -2.13. The van der Waals surface area contributed by atoms with E-state index in [1.165, 1.54) is 25.1 Å². The van der Waals surface area contributed by atoms with Crippen LogP contribution in [0.25, 0.3) is 0 Å². The molecule has 80 valence electrons. The maximum absolute atomic E-state index is 3.50. The van der Waals surface area contributed by atoms with Gasteiger partial charge in [-0.25, -0.2) is 0 Å². The molecule has 1 saturated heterocycles. The second kappa shape index (κ2) is 3.08. The van der Waals surface area contributed by atoms with Crippen molar-refractivity contribution in [2.75, 3.05) is 13.1 Å². The van der Waals surface area contributed by atoms with Crippen LogP contribution in [0.1, 0.15) is 37.3 Å². The molecule has 1 saturated carbocycles. The summed E-state index contributed by atoms with van der Waals surface area (Å²) in [4.78, 5) is 0. The molecule has 1 heteroatoms. The molecule has 1 heterocycles. The highest BCUT2D eigenvalue weighted by atomic mass is 15.0. The Morgan fingerprint density at radius 2 is 2.00 bits per heavy atom. The maximum atomic E-state index is 3.50. The van der Waals surface area contributed by atoms with E-state index >= 15 is 0 Å². The normalized spacial score (nSPS) is 33.1. The van der Waals surface area contributed by atoms with Gasteiger partial charge in [-0.05, 0) is 35.9 Å². The average Bonchev–Trinajstić information content (AvgIpc) is 2.82. The summed E-state index contributed by atoms with van der Waals surface area (Å²) >= 11 is 0. The summed E-state index contributed by atoms with van der Waals surface area (Å²) in [6.07, 6.45) is 1.40. The third-order valence-electron chi connectivity index (χ3n) is 4.22. The van der Waals surface area contributed by atoms with E-state index in [0.717, 1.165) is 5.92 Å². The SMILES string of the molecule is CC(C)c1ccc([C@]23CNC[C@@H]2C3)cc1. The second-order valence-electron chi connectivity index (χ2n) is 5.46. The van der Waals surface area contributed by atoms with Crippen LogP contribution < -0.4 is 5.32 Å². The summed E-state index contributed by atoms with van der Waals surface area (Å²) in [7, 11) is 0. The molecule has 0 radical (unpaired) electrons. The molecule has 1 aliphatic carbocycles. The molecular formula is C14H19N. The van der Waals surface area contributed by atoms with Crippen molar-refractivity contribution in [2.45, 2.75) is 31.6 Å². The Morgan fingerprint density at radius 1 is 1.27 bits per heavy atom. The zero-order chi connectivity index (χ0) is 10.5. The fourth-order valence-corrected chi connectivity index (χ4v) is 2.99. The molecule has 0 bridgehead atoms. The topological polar surface area (TPSA) is 12.0 Å². The van der Waals surface area contributed by atoms with Crippen LogP contribution in [0, 0.1) is 5.92 Å². The Hall–Kier alpha value is -0.820. The second-order valence-corrected chi connectivity index (χ2v) is 5.46. The quantitative estimate of drug-likeness (QED) is 0.775. The molecule has 15 heavy (non-hydrogen) atoms. The van der Waals surface area contributed by atoms with E-state index in [9.17, 15) is 0 Å². The van der Waals surface area contributed by atoms with E-state index in [2.05, 4.69) is 43.4 Å². The van der Waals surface area contributed by atoms with Crippen LogP contribution in [0.4, 0.5) is 0 Å². The Morgan fingerprint density at radius 3 is 2.47 bits per heavy atom. The van der Waals surface area contributed by atoms with Crippen molar-refractivity contribution in [2.24, 2.45) is 5.92 Å². The standard InChI is InChI=1S/C14H19N/c1-10(2)11-3-5-12(6-4-11)14-7-13(14)8-15-9-14/h3-6,10,13,15H,7-9H2,1-2H3/t13-,14-/m0/s1. The molecule has 1 nitrogen and oxygen atoms in total. The highest BCUT2D eigenvalue weighted by Crippen LogP contribution is 2.56. The first-order valence-corrected chi connectivity index (χ1v) is 6.03. The van der Waals surface area contributed by atoms with Crippen molar-refractivity contribution < 1.29 is 0 Å². The highest BCUT2D eigenvalue weighted by molar-refractivity contribution is 5.38. The van der Waals surface area contributed by atoms with Crippen molar-refractivity contribution in [3.63, 3.8) is 0 Å². The smallest absolute Gasteiger partial charge is 0.0122 e. The predicted molar refractivity (Wildman–Crippen MR) is 63.2 cm³/mol. The van der Waals surface area contributed by atoms with E-state index < -0.39 is 0 Å². The molecular weight excluding hydrogens is 182 g/mol. The Labute approximate surface area is 91.9 Å². The van der Waals surface area contributed by atoms with Gasteiger partial charge in [0, 0.05) is 12.0 Å². The number of hydrogen-bond acceptors (Lipinski definition) is 1. The molecule has 3 rings (SSSR count). The van der Waals surface area contributed by atoms with Gasteiger partial charge in [-0.2, -0.15) is 0 Å². The molecule has 0 spiro atoms. The summed E-state index contributed by atoms with van der Waals surface area (Å²) in [6.45, 7) is 6.93. The Kier molecular flexibility index (Phi) is 1.93. The van der Waals surface area contributed by atoms with E-state index in [0.29, 0.717) is 11.3 Å². The van der Waals surface area contributed by atoms with E-state index in [1.807, 2.05) is 0 Å². The largest absolute Gasteiger partial charge is 0.316 e. The van der Waals surface area contributed by atoms with Gasteiger partial charge in [0.25, 0.3) is 0 Å². The van der Waals surface area contributed by atoms with Crippen LogP contribution in [-0.4, -0.2) is 13.1 Å². The van der Waals surface area contributed by atoms with Crippen LogP contribution >= 0.6 is 0 Å². The fourth-order valence-electron chi connectivity index (χ4n) is 2.99. The van der Waals surface area contributed by atoms with Gasteiger partial charge in [0.1, 0.15) is 0 Å². The van der Waals surface area contributed by atoms with Crippen molar-refractivity contribution in [3.8, 4) is 0 Å². The first-order valence-electron chi connectivity index (χ1n) is 6.03.